The van der Waals surface area contributed by atoms with E-state index in [0.29, 0.717) is 12.8 Å². The molecule has 1 aliphatic carbocycles. The van der Waals surface area contributed by atoms with Crippen molar-refractivity contribution in [2.24, 2.45) is 0 Å². The van der Waals surface area contributed by atoms with E-state index in [1.165, 1.54) is 12.0 Å². The quantitative estimate of drug-likeness (QED) is 0.692. The number of alkyl halides is 1. The summed E-state index contributed by atoms with van der Waals surface area (Å²) in [6, 6.07) is 15.2. The number of ether oxygens (including phenoxy) is 2. The molecule has 1 N–H and O–H groups in total. The molecule has 1 fully saturated rings. The Hall–Kier alpha value is -2.38. The van der Waals surface area contributed by atoms with Crippen LogP contribution in [0.2, 0.25) is 0 Å². The first-order chi connectivity index (χ1) is 14.0. The standard InChI is InChI=1S/C22H22BrNO5/c1-28-20-18(23)10-11-19(21(25)26)24(20)22(27)29-12-17-15-8-4-2-6-13(15)14-7-3-5-9-16(14)17/h2-9,17-20H,10-12H2,1H3,(H,25,26). The van der Waals surface area contributed by atoms with E-state index < -0.39 is 24.3 Å². The third kappa shape index (κ3) is 3.53. The molecular weight excluding hydrogens is 438 g/mol. The van der Waals surface area contributed by atoms with Crippen molar-refractivity contribution in [1.82, 2.24) is 4.90 Å². The van der Waals surface area contributed by atoms with Crippen molar-refractivity contribution in [3.8, 4) is 11.1 Å². The van der Waals surface area contributed by atoms with Crippen LogP contribution in [-0.4, -0.2) is 52.9 Å². The summed E-state index contributed by atoms with van der Waals surface area (Å²) in [5, 5.41) is 9.58. The van der Waals surface area contributed by atoms with Gasteiger partial charge >= 0.3 is 12.1 Å². The summed E-state index contributed by atoms with van der Waals surface area (Å²) in [6.45, 7) is 0.138. The van der Waals surface area contributed by atoms with Crippen LogP contribution >= 0.6 is 15.9 Å². The fourth-order valence-electron chi connectivity index (χ4n) is 4.35. The second kappa shape index (κ2) is 8.16. The minimum absolute atomic E-state index is 0.0832. The van der Waals surface area contributed by atoms with Gasteiger partial charge in [0.25, 0.3) is 0 Å². The van der Waals surface area contributed by atoms with Gasteiger partial charge in [-0.15, -0.1) is 0 Å². The summed E-state index contributed by atoms with van der Waals surface area (Å²) in [6.07, 6.45) is -0.423. The Kier molecular flexibility index (Phi) is 5.61. The normalized spacial score (nSPS) is 23.4. The third-order valence-corrected chi connectivity index (χ3v) is 6.62. The second-order valence-corrected chi connectivity index (χ2v) is 8.46. The number of methoxy groups -OCH3 is 1. The summed E-state index contributed by atoms with van der Waals surface area (Å²) in [5.41, 5.74) is 4.50. The van der Waals surface area contributed by atoms with E-state index in [9.17, 15) is 14.7 Å². The van der Waals surface area contributed by atoms with Gasteiger partial charge in [-0.3, -0.25) is 4.90 Å². The van der Waals surface area contributed by atoms with Gasteiger partial charge in [-0.25, -0.2) is 9.59 Å². The number of amides is 1. The molecule has 152 valence electrons. The highest BCUT2D eigenvalue weighted by molar-refractivity contribution is 9.09. The van der Waals surface area contributed by atoms with Gasteiger partial charge < -0.3 is 14.6 Å². The molecule has 7 heteroatoms. The molecule has 0 spiro atoms. The van der Waals surface area contributed by atoms with Crippen LogP contribution in [0.15, 0.2) is 48.5 Å². The van der Waals surface area contributed by atoms with Crippen LogP contribution in [0.25, 0.3) is 11.1 Å². The third-order valence-electron chi connectivity index (χ3n) is 5.71. The number of piperidine rings is 1. The van der Waals surface area contributed by atoms with Crippen molar-refractivity contribution in [3.63, 3.8) is 0 Å². The molecule has 2 aromatic carbocycles. The Bertz CT molecular complexity index is 887. The van der Waals surface area contributed by atoms with Gasteiger partial charge in [-0.05, 0) is 35.1 Å². The van der Waals surface area contributed by atoms with E-state index in [2.05, 4.69) is 28.1 Å². The number of carbonyl (C=O) groups is 2. The number of carboxylic acid groups (broad SMARTS) is 1. The maximum Gasteiger partial charge on any atom is 0.412 e. The van der Waals surface area contributed by atoms with Crippen molar-refractivity contribution in [2.75, 3.05) is 13.7 Å². The lowest BCUT2D eigenvalue weighted by molar-refractivity contribution is -0.151. The highest BCUT2D eigenvalue weighted by Crippen LogP contribution is 2.44. The van der Waals surface area contributed by atoms with Crippen LogP contribution in [-0.2, 0) is 14.3 Å². The van der Waals surface area contributed by atoms with Gasteiger partial charge in [0.15, 0.2) is 0 Å². The maximum atomic E-state index is 12.9. The predicted molar refractivity (Wildman–Crippen MR) is 111 cm³/mol. The Labute approximate surface area is 177 Å². The molecule has 3 atom stereocenters. The molecule has 0 bridgehead atoms. The van der Waals surface area contributed by atoms with Gasteiger partial charge in [0, 0.05) is 13.0 Å². The lowest BCUT2D eigenvalue weighted by atomic mass is 9.98. The fraction of sp³-hybridized carbons (Fsp3) is 0.364. The van der Waals surface area contributed by atoms with Crippen molar-refractivity contribution in [3.05, 3.63) is 59.7 Å². The zero-order valence-corrected chi connectivity index (χ0v) is 17.5. The molecule has 0 radical (unpaired) electrons. The Balaban J connectivity index is 1.57. The van der Waals surface area contributed by atoms with Gasteiger partial charge in [0.1, 0.15) is 18.9 Å². The monoisotopic (exact) mass is 459 g/mol. The van der Waals surface area contributed by atoms with Crippen LogP contribution in [0.1, 0.15) is 29.9 Å². The molecule has 0 aromatic heterocycles. The van der Waals surface area contributed by atoms with Crippen LogP contribution in [0, 0.1) is 0 Å². The first-order valence-electron chi connectivity index (χ1n) is 9.56. The Morgan fingerprint density at radius 3 is 2.21 bits per heavy atom. The van der Waals surface area contributed by atoms with Crippen LogP contribution in [0.4, 0.5) is 4.79 Å². The zero-order valence-electron chi connectivity index (χ0n) is 16.0. The topological polar surface area (TPSA) is 76.1 Å². The molecule has 1 saturated heterocycles. The van der Waals surface area contributed by atoms with Crippen molar-refractivity contribution in [1.29, 1.82) is 0 Å². The zero-order chi connectivity index (χ0) is 20.5. The first-order valence-corrected chi connectivity index (χ1v) is 10.5. The van der Waals surface area contributed by atoms with Gasteiger partial charge in [-0.1, -0.05) is 64.5 Å². The van der Waals surface area contributed by atoms with Gasteiger partial charge in [0.05, 0.1) is 4.83 Å². The highest BCUT2D eigenvalue weighted by Gasteiger charge is 2.44. The molecule has 1 aliphatic heterocycles. The molecule has 2 aliphatic rings. The fourth-order valence-corrected chi connectivity index (χ4v) is 5.09. The van der Waals surface area contributed by atoms with E-state index >= 15 is 0 Å². The summed E-state index contributed by atoms with van der Waals surface area (Å²) in [7, 11) is 1.47. The number of benzene rings is 2. The Morgan fingerprint density at radius 2 is 1.66 bits per heavy atom. The average Bonchev–Trinajstić information content (AvgIpc) is 3.05. The van der Waals surface area contributed by atoms with E-state index in [-0.39, 0.29) is 17.4 Å². The number of aliphatic carboxylic acids is 1. The molecule has 29 heavy (non-hydrogen) atoms. The van der Waals surface area contributed by atoms with E-state index in [0.717, 1.165) is 22.3 Å². The molecule has 1 heterocycles. The summed E-state index contributed by atoms with van der Waals surface area (Å²) in [4.78, 5) is 25.7. The minimum Gasteiger partial charge on any atom is -0.480 e. The summed E-state index contributed by atoms with van der Waals surface area (Å²) >= 11 is 3.49. The molecule has 3 unspecified atom stereocenters. The number of hydrogen-bond donors (Lipinski definition) is 1. The van der Waals surface area contributed by atoms with E-state index in [1.54, 1.807) is 0 Å². The lowest BCUT2D eigenvalue weighted by Crippen LogP contribution is -2.58. The average molecular weight is 460 g/mol. The number of likely N-dealkylation sites (tertiary alicyclic amines) is 1. The number of fused-ring (bicyclic) bond motifs is 3. The van der Waals surface area contributed by atoms with Gasteiger partial charge in [0.2, 0.25) is 0 Å². The summed E-state index contributed by atoms with van der Waals surface area (Å²) in [5.74, 6) is -1.14. The Morgan fingerprint density at radius 1 is 1.07 bits per heavy atom. The molecule has 6 nitrogen and oxygen atoms in total. The number of hydrogen-bond acceptors (Lipinski definition) is 4. The number of carbonyl (C=O) groups excluding carboxylic acids is 1. The molecule has 4 rings (SSSR count). The van der Waals surface area contributed by atoms with Crippen molar-refractivity contribution >= 4 is 28.0 Å². The molecule has 1 amide bonds. The SMILES string of the molecule is COC1C(Br)CCC(C(=O)O)N1C(=O)OCC1c2ccccc2-c2ccccc21. The molecular formula is C22H22BrNO5. The maximum absolute atomic E-state index is 12.9. The number of halogens is 1. The van der Waals surface area contributed by atoms with Crippen LogP contribution in [0.5, 0.6) is 0 Å². The lowest BCUT2D eigenvalue weighted by Gasteiger charge is -2.41. The second-order valence-electron chi connectivity index (χ2n) is 7.28. The predicted octanol–water partition coefficient (Wildman–Crippen LogP) is 4.22. The highest BCUT2D eigenvalue weighted by atomic mass is 79.9. The minimum atomic E-state index is -1.06. The summed E-state index contributed by atoms with van der Waals surface area (Å²) < 4.78 is 11.1. The van der Waals surface area contributed by atoms with E-state index in [4.69, 9.17) is 9.47 Å². The van der Waals surface area contributed by atoms with E-state index in [1.807, 2.05) is 36.4 Å². The smallest absolute Gasteiger partial charge is 0.412 e. The van der Waals surface area contributed by atoms with Gasteiger partial charge in [-0.2, -0.15) is 0 Å². The van der Waals surface area contributed by atoms with Crippen LogP contribution in [0.3, 0.4) is 0 Å². The number of rotatable bonds is 4. The molecule has 2 aromatic rings. The number of carboxylic acids is 1. The van der Waals surface area contributed by atoms with Crippen molar-refractivity contribution < 1.29 is 24.2 Å². The first kappa shape index (κ1) is 19.9. The largest absolute Gasteiger partial charge is 0.480 e. The molecule has 0 saturated carbocycles. The van der Waals surface area contributed by atoms with Crippen molar-refractivity contribution in [2.45, 2.75) is 35.9 Å². The number of nitrogens with zero attached hydrogens (tertiary/aromatic N) is 1. The van der Waals surface area contributed by atoms with Crippen LogP contribution < -0.4 is 0 Å².